The first-order valence-corrected chi connectivity index (χ1v) is 5.69. The zero-order valence-corrected chi connectivity index (χ0v) is 10.8. The normalized spacial score (nSPS) is 10.4. The summed E-state index contributed by atoms with van der Waals surface area (Å²) in [5, 5.41) is 0.649. The van der Waals surface area contributed by atoms with Crippen LogP contribution >= 0.6 is 11.6 Å². The fourth-order valence-corrected chi connectivity index (χ4v) is 1.65. The zero-order valence-electron chi connectivity index (χ0n) is 10.1. The molecule has 1 aromatic carbocycles. The van der Waals surface area contributed by atoms with Crippen molar-refractivity contribution in [1.29, 1.82) is 0 Å². The molecule has 0 saturated heterocycles. The Labute approximate surface area is 110 Å². The standard InChI is InChI=1S/C12H13ClN4O/c1-16(2)12(18)17-7-10(15-11(17)14)8-3-5-9(13)6-4-8/h3-7H,1-2H3,(H2,14,15). The van der Waals surface area contributed by atoms with Crippen molar-refractivity contribution in [2.24, 2.45) is 0 Å². The van der Waals surface area contributed by atoms with Crippen molar-refractivity contribution < 1.29 is 4.79 Å². The molecule has 0 saturated carbocycles. The smallest absolute Gasteiger partial charge is 0.330 e. The number of benzene rings is 1. The number of rotatable bonds is 1. The van der Waals surface area contributed by atoms with E-state index in [2.05, 4.69) is 4.98 Å². The van der Waals surface area contributed by atoms with Gasteiger partial charge in [-0.1, -0.05) is 23.7 Å². The minimum Gasteiger partial charge on any atom is -0.369 e. The van der Waals surface area contributed by atoms with Crippen molar-refractivity contribution in [2.75, 3.05) is 19.8 Å². The van der Waals surface area contributed by atoms with Crippen molar-refractivity contribution in [1.82, 2.24) is 14.5 Å². The number of amides is 1. The molecule has 0 unspecified atom stereocenters. The molecule has 0 aliphatic heterocycles. The quantitative estimate of drug-likeness (QED) is 0.860. The summed E-state index contributed by atoms with van der Waals surface area (Å²) >= 11 is 5.82. The number of nitrogens with zero attached hydrogens (tertiary/aromatic N) is 3. The Balaban J connectivity index is 2.40. The molecule has 2 N–H and O–H groups in total. The molecule has 1 aromatic heterocycles. The molecule has 6 heteroatoms. The first-order chi connectivity index (χ1) is 8.49. The number of hydrogen-bond acceptors (Lipinski definition) is 3. The predicted octanol–water partition coefficient (Wildman–Crippen LogP) is 2.32. The van der Waals surface area contributed by atoms with Gasteiger partial charge in [-0.15, -0.1) is 0 Å². The topological polar surface area (TPSA) is 64.2 Å². The Morgan fingerprint density at radius 3 is 2.50 bits per heavy atom. The van der Waals surface area contributed by atoms with Gasteiger partial charge < -0.3 is 10.6 Å². The molecule has 0 aliphatic rings. The van der Waals surface area contributed by atoms with Crippen LogP contribution < -0.4 is 5.73 Å². The van der Waals surface area contributed by atoms with Gasteiger partial charge in [0.2, 0.25) is 5.95 Å². The summed E-state index contributed by atoms with van der Waals surface area (Å²) in [6.45, 7) is 0. The van der Waals surface area contributed by atoms with Crippen molar-refractivity contribution in [3.8, 4) is 11.3 Å². The highest BCUT2D eigenvalue weighted by Gasteiger charge is 2.14. The third kappa shape index (κ3) is 2.31. The summed E-state index contributed by atoms with van der Waals surface area (Å²) in [7, 11) is 3.31. The number of halogens is 1. The minimum absolute atomic E-state index is 0.165. The lowest BCUT2D eigenvalue weighted by molar-refractivity contribution is 0.219. The van der Waals surface area contributed by atoms with E-state index < -0.39 is 0 Å². The van der Waals surface area contributed by atoms with Gasteiger partial charge in [-0.05, 0) is 12.1 Å². The van der Waals surface area contributed by atoms with Gasteiger partial charge in [-0.2, -0.15) is 0 Å². The maximum Gasteiger partial charge on any atom is 0.330 e. The SMILES string of the molecule is CN(C)C(=O)n1cc(-c2ccc(Cl)cc2)nc1N. The van der Waals surface area contributed by atoms with Crippen LogP contribution in [0.1, 0.15) is 0 Å². The second-order valence-corrected chi connectivity index (χ2v) is 4.47. The monoisotopic (exact) mass is 264 g/mol. The highest BCUT2D eigenvalue weighted by atomic mass is 35.5. The fourth-order valence-electron chi connectivity index (χ4n) is 1.52. The molecule has 0 radical (unpaired) electrons. The van der Waals surface area contributed by atoms with E-state index in [0.717, 1.165) is 5.56 Å². The number of carbonyl (C=O) groups excluding carboxylic acids is 1. The van der Waals surface area contributed by atoms with Gasteiger partial charge in [0.05, 0.1) is 5.69 Å². The van der Waals surface area contributed by atoms with Crippen molar-refractivity contribution >= 4 is 23.6 Å². The van der Waals surface area contributed by atoms with E-state index in [4.69, 9.17) is 17.3 Å². The highest BCUT2D eigenvalue weighted by Crippen LogP contribution is 2.21. The van der Waals surface area contributed by atoms with Crippen LogP contribution in [0.25, 0.3) is 11.3 Å². The minimum atomic E-state index is -0.236. The lowest BCUT2D eigenvalue weighted by Crippen LogP contribution is -2.27. The second-order valence-electron chi connectivity index (χ2n) is 4.04. The van der Waals surface area contributed by atoms with Crippen LogP contribution in [0.15, 0.2) is 30.5 Å². The van der Waals surface area contributed by atoms with E-state index in [1.807, 2.05) is 12.1 Å². The Bertz CT molecular complexity index is 574. The van der Waals surface area contributed by atoms with Gasteiger partial charge in [0.25, 0.3) is 0 Å². The van der Waals surface area contributed by atoms with E-state index in [1.165, 1.54) is 9.47 Å². The number of imidazole rings is 1. The summed E-state index contributed by atoms with van der Waals surface area (Å²) in [5.41, 5.74) is 7.22. The molecule has 2 aromatic rings. The molecular formula is C12H13ClN4O. The number of aromatic nitrogens is 2. The zero-order chi connectivity index (χ0) is 13.3. The fraction of sp³-hybridized carbons (Fsp3) is 0.167. The number of nitrogens with two attached hydrogens (primary N) is 1. The van der Waals surface area contributed by atoms with Gasteiger partial charge in [0.1, 0.15) is 0 Å². The molecule has 0 fully saturated rings. The van der Waals surface area contributed by atoms with Gasteiger partial charge in [0.15, 0.2) is 0 Å². The van der Waals surface area contributed by atoms with E-state index in [1.54, 1.807) is 32.4 Å². The molecule has 0 atom stereocenters. The van der Waals surface area contributed by atoms with E-state index >= 15 is 0 Å². The molecule has 1 amide bonds. The summed E-state index contributed by atoms with van der Waals surface area (Å²) in [5.74, 6) is 0.165. The first kappa shape index (κ1) is 12.4. The van der Waals surface area contributed by atoms with Crippen molar-refractivity contribution in [2.45, 2.75) is 0 Å². The van der Waals surface area contributed by atoms with Crippen LogP contribution in [0.5, 0.6) is 0 Å². The lowest BCUT2D eigenvalue weighted by atomic mass is 10.2. The van der Waals surface area contributed by atoms with Gasteiger partial charge in [0, 0.05) is 30.9 Å². The maximum absolute atomic E-state index is 11.8. The van der Waals surface area contributed by atoms with Crippen LogP contribution in [0.3, 0.4) is 0 Å². The largest absolute Gasteiger partial charge is 0.369 e. The number of anilines is 1. The molecule has 94 valence electrons. The average molecular weight is 265 g/mol. The Morgan fingerprint density at radius 2 is 1.94 bits per heavy atom. The molecule has 0 bridgehead atoms. The lowest BCUT2D eigenvalue weighted by Gasteiger charge is -2.10. The molecular weight excluding hydrogens is 252 g/mol. The molecule has 5 nitrogen and oxygen atoms in total. The Morgan fingerprint density at radius 1 is 1.33 bits per heavy atom. The van der Waals surface area contributed by atoms with E-state index in [9.17, 15) is 4.79 Å². The summed E-state index contributed by atoms with van der Waals surface area (Å²) in [4.78, 5) is 17.4. The first-order valence-electron chi connectivity index (χ1n) is 5.31. The van der Waals surface area contributed by atoms with E-state index in [0.29, 0.717) is 10.7 Å². The predicted molar refractivity (Wildman–Crippen MR) is 71.6 cm³/mol. The molecule has 0 spiro atoms. The molecule has 18 heavy (non-hydrogen) atoms. The van der Waals surface area contributed by atoms with Gasteiger partial charge >= 0.3 is 6.03 Å². The van der Waals surface area contributed by atoms with Crippen molar-refractivity contribution in [3.05, 3.63) is 35.5 Å². The molecule has 1 heterocycles. The Kier molecular flexibility index (Phi) is 3.25. The third-order valence-corrected chi connectivity index (χ3v) is 2.71. The highest BCUT2D eigenvalue weighted by molar-refractivity contribution is 6.30. The summed E-state index contributed by atoms with van der Waals surface area (Å²) in [6.07, 6.45) is 1.61. The maximum atomic E-state index is 11.8. The van der Waals surface area contributed by atoms with Crippen LogP contribution in [0.4, 0.5) is 10.7 Å². The number of nitrogen functional groups attached to an aromatic ring is 1. The van der Waals surface area contributed by atoms with Gasteiger partial charge in [-0.25, -0.2) is 14.3 Å². The number of carbonyl (C=O) groups is 1. The Hall–Kier alpha value is -2.01. The van der Waals surface area contributed by atoms with Crippen LogP contribution in [0.2, 0.25) is 5.02 Å². The summed E-state index contributed by atoms with van der Waals surface area (Å²) in [6, 6.07) is 6.95. The average Bonchev–Trinajstić information content (AvgIpc) is 2.71. The number of hydrogen-bond donors (Lipinski definition) is 1. The summed E-state index contributed by atoms with van der Waals surface area (Å²) < 4.78 is 1.31. The third-order valence-electron chi connectivity index (χ3n) is 2.46. The van der Waals surface area contributed by atoms with E-state index in [-0.39, 0.29) is 12.0 Å². The van der Waals surface area contributed by atoms with Crippen LogP contribution in [-0.4, -0.2) is 34.6 Å². The molecule has 0 aliphatic carbocycles. The van der Waals surface area contributed by atoms with Crippen molar-refractivity contribution in [3.63, 3.8) is 0 Å². The van der Waals surface area contributed by atoms with Crippen LogP contribution in [0, 0.1) is 0 Å². The molecule has 2 rings (SSSR count). The van der Waals surface area contributed by atoms with Gasteiger partial charge in [-0.3, -0.25) is 0 Å². The van der Waals surface area contributed by atoms with Crippen LogP contribution in [-0.2, 0) is 0 Å². The second kappa shape index (κ2) is 4.70.